The Hall–Kier alpha value is -3.95. The van der Waals surface area contributed by atoms with E-state index in [0.29, 0.717) is 23.1 Å². The number of benzene rings is 2. The number of rotatable bonds is 5. The van der Waals surface area contributed by atoms with Gasteiger partial charge < -0.3 is 0 Å². The summed E-state index contributed by atoms with van der Waals surface area (Å²) >= 11 is 0. The van der Waals surface area contributed by atoms with E-state index in [1.54, 1.807) is 36.4 Å². The van der Waals surface area contributed by atoms with Crippen molar-refractivity contribution >= 4 is 22.8 Å². The van der Waals surface area contributed by atoms with Crippen molar-refractivity contribution in [2.45, 2.75) is 13.0 Å². The number of hydrogen-bond acceptors (Lipinski definition) is 6. The quantitative estimate of drug-likeness (QED) is 0.539. The fourth-order valence-corrected chi connectivity index (χ4v) is 2.65. The molecule has 0 aliphatic heterocycles. The molecule has 4 aromatic rings. The minimum atomic E-state index is -0.515. The molecule has 2 heterocycles. The number of fused-ring (bicyclic) bond motifs is 1. The second-order valence-electron chi connectivity index (χ2n) is 6.03. The van der Waals surface area contributed by atoms with Crippen molar-refractivity contribution in [2.75, 3.05) is 5.32 Å². The highest BCUT2D eigenvalue weighted by atomic mass is 19.1. The van der Waals surface area contributed by atoms with Crippen LogP contribution in [0.1, 0.15) is 11.4 Å². The molecule has 0 aliphatic carbocycles. The number of hydrogen-bond donors (Lipinski definition) is 2. The van der Waals surface area contributed by atoms with Crippen LogP contribution in [0.25, 0.3) is 10.9 Å². The Morgan fingerprint density at radius 3 is 2.75 bits per heavy atom. The van der Waals surface area contributed by atoms with Gasteiger partial charge in [-0.25, -0.2) is 9.07 Å². The summed E-state index contributed by atoms with van der Waals surface area (Å²) in [6, 6.07) is 12.8. The van der Waals surface area contributed by atoms with Crippen LogP contribution in [-0.2, 0) is 17.8 Å². The van der Waals surface area contributed by atoms with Gasteiger partial charge in [0.15, 0.2) is 0 Å². The first-order valence-electron chi connectivity index (χ1n) is 8.36. The Kier molecular flexibility index (Phi) is 4.58. The topological polar surface area (TPSA) is 118 Å². The maximum Gasteiger partial charge on any atom is 0.278 e. The number of halogens is 1. The molecule has 0 aliphatic rings. The number of amides is 1. The lowest BCUT2D eigenvalue weighted by Crippen LogP contribution is -2.30. The maximum absolute atomic E-state index is 12.9. The summed E-state index contributed by atoms with van der Waals surface area (Å²) in [4.78, 5) is 28.7. The van der Waals surface area contributed by atoms with Gasteiger partial charge in [0.2, 0.25) is 11.9 Å². The van der Waals surface area contributed by atoms with Crippen molar-refractivity contribution in [1.82, 2.24) is 30.2 Å². The lowest BCUT2D eigenvalue weighted by atomic mass is 10.1. The molecule has 4 rings (SSSR count). The maximum atomic E-state index is 12.9. The first kappa shape index (κ1) is 17.5. The average Bonchev–Trinajstić information content (AvgIpc) is 3.13. The summed E-state index contributed by atoms with van der Waals surface area (Å²) < 4.78 is 13.9. The number of aromatic amines is 1. The van der Waals surface area contributed by atoms with E-state index >= 15 is 0 Å². The highest BCUT2D eigenvalue weighted by molar-refractivity contribution is 5.88. The van der Waals surface area contributed by atoms with Crippen LogP contribution in [0.2, 0.25) is 0 Å². The van der Waals surface area contributed by atoms with E-state index in [2.05, 4.69) is 30.8 Å². The lowest BCUT2D eigenvalue weighted by molar-refractivity contribution is -0.117. The minimum absolute atomic E-state index is 0.0731. The van der Waals surface area contributed by atoms with Crippen molar-refractivity contribution in [1.29, 1.82) is 0 Å². The minimum Gasteiger partial charge on any atom is -0.292 e. The summed E-state index contributed by atoms with van der Waals surface area (Å²) in [5.41, 5.74) is 0.893. The van der Waals surface area contributed by atoms with Crippen LogP contribution in [-0.4, -0.2) is 36.1 Å². The SMILES string of the molecule is O=C(Cn1nnc2ccccc2c1=O)Nc1n[nH]c(Cc2ccc(F)cc2)n1. The van der Waals surface area contributed by atoms with Gasteiger partial charge in [0.1, 0.15) is 23.7 Å². The van der Waals surface area contributed by atoms with Crippen molar-refractivity contribution in [3.05, 3.63) is 76.1 Å². The molecule has 140 valence electrons. The van der Waals surface area contributed by atoms with Crippen LogP contribution in [0.15, 0.2) is 53.3 Å². The zero-order valence-electron chi connectivity index (χ0n) is 14.5. The molecule has 0 fully saturated rings. The smallest absolute Gasteiger partial charge is 0.278 e. The summed E-state index contributed by atoms with van der Waals surface area (Å²) in [6.07, 6.45) is 0.402. The second-order valence-corrected chi connectivity index (χ2v) is 6.03. The Balaban J connectivity index is 1.43. The van der Waals surface area contributed by atoms with Gasteiger partial charge >= 0.3 is 0 Å². The fourth-order valence-electron chi connectivity index (χ4n) is 2.65. The van der Waals surface area contributed by atoms with Crippen molar-refractivity contribution in [3.8, 4) is 0 Å². The molecule has 28 heavy (non-hydrogen) atoms. The number of H-pyrrole nitrogens is 1. The van der Waals surface area contributed by atoms with Gasteiger partial charge in [-0.1, -0.05) is 29.5 Å². The standard InChI is InChI=1S/C18H14FN7O2/c19-12-7-5-11(6-8-12)9-15-20-18(24-23-15)21-16(27)10-26-17(28)13-3-1-2-4-14(13)22-25-26/h1-8H,9-10H2,(H2,20,21,23,24,27). The average molecular weight is 379 g/mol. The lowest BCUT2D eigenvalue weighted by Gasteiger charge is -2.04. The third kappa shape index (κ3) is 3.75. The molecule has 2 N–H and O–H groups in total. The van der Waals surface area contributed by atoms with Crippen molar-refractivity contribution in [3.63, 3.8) is 0 Å². The molecule has 0 saturated carbocycles. The predicted octanol–water partition coefficient (Wildman–Crippen LogP) is 1.28. The molecule has 10 heteroatoms. The van der Waals surface area contributed by atoms with Crippen molar-refractivity contribution in [2.24, 2.45) is 0 Å². The van der Waals surface area contributed by atoms with E-state index in [0.717, 1.165) is 10.2 Å². The van der Waals surface area contributed by atoms with E-state index in [-0.39, 0.29) is 18.3 Å². The molecule has 2 aromatic carbocycles. The third-order valence-corrected chi connectivity index (χ3v) is 3.99. The Morgan fingerprint density at radius 1 is 1.14 bits per heavy atom. The second kappa shape index (κ2) is 7.35. The number of nitrogens with one attached hydrogen (secondary N) is 2. The molecular weight excluding hydrogens is 365 g/mol. The number of carbonyl (C=O) groups is 1. The van der Waals surface area contributed by atoms with E-state index in [1.165, 1.54) is 12.1 Å². The van der Waals surface area contributed by atoms with Crippen molar-refractivity contribution < 1.29 is 9.18 Å². The Labute approximate surface area is 157 Å². The highest BCUT2D eigenvalue weighted by Crippen LogP contribution is 2.09. The number of nitrogens with zero attached hydrogens (tertiary/aromatic N) is 5. The summed E-state index contributed by atoms with van der Waals surface area (Å²) in [7, 11) is 0. The molecule has 0 radical (unpaired) electrons. The van der Waals surface area contributed by atoms with Crippen LogP contribution in [0.5, 0.6) is 0 Å². The Bertz CT molecular complexity index is 1200. The first-order valence-corrected chi connectivity index (χ1v) is 8.36. The molecule has 2 aromatic heterocycles. The van der Waals surface area contributed by atoms with E-state index in [9.17, 15) is 14.0 Å². The van der Waals surface area contributed by atoms with Crippen LogP contribution >= 0.6 is 0 Å². The molecule has 9 nitrogen and oxygen atoms in total. The van der Waals surface area contributed by atoms with Crippen LogP contribution < -0.4 is 10.9 Å². The van der Waals surface area contributed by atoms with Gasteiger partial charge in [-0.15, -0.1) is 10.2 Å². The zero-order chi connectivity index (χ0) is 19.5. The third-order valence-electron chi connectivity index (χ3n) is 3.99. The summed E-state index contributed by atoms with van der Waals surface area (Å²) in [5, 5.41) is 17.2. The first-order chi connectivity index (χ1) is 13.6. The monoisotopic (exact) mass is 379 g/mol. The van der Waals surface area contributed by atoms with Crippen LogP contribution in [0.3, 0.4) is 0 Å². The van der Waals surface area contributed by atoms with E-state index in [1.807, 2.05) is 0 Å². The van der Waals surface area contributed by atoms with E-state index in [4.69, 9.17) is 0 Å². The number of aromatic nitrogens is 6. The van der Waals surface area contributed by atoms with Crippen LogP contribution in [0.4, 0.5) is 10.3 Å². The highest BCUT2D eigenvalue weighted by Gasteiger charge is 2.12. The van der Waals surface area contributed by atoms with E-state index < -0.39 is 11.5 Å². The summed E-state index contributed by atoms with van der Waals surface area (Å²) in [5.74, 6) is -0.256. The van der Waals surface area contributed by atoms with Gasteiger partial charge in [0.05, 0.1) is 5.39 Å². The zero-order valence-corrected chi connectivity index (χ0v) is 14.5. The normalized spacial score (nSPS) is 10.9. The molecule has 0 atom stereocenters. The van der Waals surface area contributed by atoms with Gasteiger partial charge in [0.25, 0.3) is 5.56 Å². The molecular formula is C18H14FN7O2. The van der Waals surface area contributed by atoms with Gasteiger partial charge in [-0.3, -0.25) is 20.0 Å². The van der Waals surface area contributed by atoms with Gasteiger partial charge in [-0.05, 0) is 29.8 Å². The molecule has 1 amide bonds. The molecule has 0 saturated heterocycles. The molecule has 0 bridgehead atoms. The summed E-state index contributed by atoms with van der Waals surface area (Å²) in [6.45, 7) is -0.321. The number of anilines is 1. The van der Waals surface area contributed by atoms with Gasteiger partial charge in [-0.2, -0.15) is 4.98 Å². The van der Waals surface area contributed by atoms with Crippen LogP contribution in [0, 0.1) is 5.82 Å². The Morgan fingerprint density at radius 2 is 1.93 bits per heavy atom. The molecule has 0 unspecified atom stereocenters. The van der Waals surface area contributed by atoms with Gasteiger partial charge in [0, 0.05) is 6.42 Å². The predicted molar refractivity (Wildman–Crippen MR) is 98.0 cm³/mol. The molecule has 0 spiro atoms. The fraction of sp³-hybridized carbons (Fsp3) is 0.111. The number of carbonyl (C=O) groups excluding carboxylic acids is 1. The largest absolute Gasteiger partial charge is 0.292 e.